The lowest BCUT2D eigenvalue weighted by Gasteiger charge is -2.11. The summed E-state index contributed by atoms with van der Waals surface area (Å²) in [6, 6.07) is 9.29. The van der Waals surface area contributed by atoms with Crippen LogP contribution in [0.2, 0.25) is 0 Å². The van der Waals surface area contributed by atoms with E-state index in [1.807, 2.05) is 42.8 Å². The van der Waals surface area contributed by atoms with Crippen molar-refractivity contribution >= 4 is 11.8 Å². The Morgan fingerprint density at radius 1 is 1.14 bits per heavy atom. The number of nitrogens with one attached hydrogen (secondary N) is 2. The van der Waals surface area contributed by atoms with Gasteiger partial charge in [-0.3, -0.25) is 14.3 Å². The third-order valence-corrected chi connectivity index (χ3v) is 4.29. The normalized spacial score (nSPS) is 10.7. The monoisotopic (exact) mass is 380 g/mol. The SMILES string of the molecule is CC(=O)NCc1cnn(-c2ccccc2C(=O)NCCn2nc(C)cc2C)c1. The molecule has 0 saturated heterocycles. The van der Waals surface area contributed by atoms with Crippen molar-refractivity contribution in [2.24, 2.45) is 0 Å². The topological polar surface area (TPSA) is 93.8 Å². The van der Waals surface area contributed by atoms with Crippen LogP contribution < -0.4 is 10.6 Å². The molecule has 2 N–H and O–H groups in total. The van der Waals surface area contributed by atoms with E-state index in [9.17, 15) is 9.59 Å². The smallest absolute Gasteiger partial charge is 0.253 e. The van der Waals surface area contributed by atoms with Crippen LogP contribution in [0.15, 0.2) is 42.7 Å². The molecule has 0 bridgehead atoms. The number of amides is 2. The highest BCUT2D eigenvalue weighted by atomic mass is 16.2. The van der Waals surface area contributed by atoms with E-state index in [-0.39, 0.29) is 11.8 Å². The van der Waals surface area contributed by atoms with Crippen molar-refractivity contribution in [3.05, 3.63) is 65.2 Å². The number of benzene rings is 1. The summed E-state index contributed by atoms with van der Waals surface area (Å²) in [7, 11) is 0. The molecule has 0 atom stereocenters. The molecule has 0 unspecified atom stereocenters. The van der Waals surface area contributed by atoms with E-state index in [4.69, 9.17) is 0 Å². The first-order chi connectivity index (χ1) is 13.4. The fraction of sp³-hybridized carbons (Fsp3) is 0.300. The van der Waals surface area contributed by atoms with Crippen LogP contribution in [0.4, 0.5) is 0 Å². The molecule has 0 aliphatic rings. The third-order valence-electron chi connectivity index (χ3n) is 4.29. The average Bonchev–Trinajstić information content (AvgIpc) is 3.26. The molecule has 28 heavy (non-hydrogen) atoms. The summed E-state index contributed by atoms with van der Waals surface area (Å²) in [5.74, 6) is -0.272. The summed E-state index contributed by atoms with van der Waals surface area (Å²) in [5, 5.41) is 14.4. The fourth-order valence-electron chi connectivity index (χ4n) is 2.95. The van der Waals surface area contributed by atoms with Crippen molar-refractivity contribution in [3.63, 3.8) is 0 Å². The van der Waals surface area contributed by atoms with E-state index < -0.39 is 0 Å². The van der Waals surface area contributed by atoms with Crippen LogP contribution in [-0.4, -0.2) is 37.9 Å². The zero-order chi connectivity index (χ0) is 20.1. The van der Waals surface area contributed by atoms with Crippen molar-refractivity contribution in [1.29, 1.82) is 0 Å². The van der Waals surface area contributed by atoms with Crippen LogP contribution >= 0.6 is 0 Å². The van der Waals surface area contributed by atoms with E-state index in [1.165, 1.54) is 6.92 Å². The van der Waals surface area contributed by atoms with Crippen LogP contribution in [0.3, 0.4) is 0 Å². The summed E-state index contributed by atoms with van der Waals surface area (Å²) >= 11 is 0. The van der Waals surface area contributed by atoms with E-state index >= 15 is 0 Å². The Labute approximate surface area is 163 Å². The minimum absolute atomic E-state index is 0.102. The lowest BCUT2D eigenvalue weighted by molar-refractivity contribution is -0.119. The predicted molar refractivity (Wildman–Crippen MR) is 105 cm³/mol. The number of hydrogen-bond acceptors (Lipinski definition) is 4. The van der Waals surface area contributed by atoms with Crippen LogP contribution in [0.5, 0.6) is 0 Å². The summed E-state index contributed by atoms with van der Waals surface area (Å²) in [6.45, 7) is 6.89. The fourth-order valence-corrected chi connectivity index (χ4v) is 2.95. The largest absolute Gasteiger partial charge is 0.352 e. The Hall–Kier alpha value is -3.42. The zero-order valence-electron chi connectivity index (χ0n) is 16.3. The number of carbonyl (C=O) groups is 2. The van der Waals surface area contributed by atoms with E-state index in [2.05, 4.69) is 20.8 Å². The van der Waals surface area contributed by atoms with Crippen molar-refractivity contribution < 1.29 is 9.59 Å². The molecule has 3 rings (SSSR count). The Balaban J connectivity index is 1.68. The molecule has 3 aromatic rings. The van der Waals surface area contributed by atoms with E-state index in [0.29, 0.717) is 30.9 Å². The molecule has 0 saturated carbocycles. The first kappa shape index (κ1) is 19.3. The third kappa shape index (κ3) is 4.64. The van der Waals surface area contributed by atoms with Gasteiger partial charge in [0.15, 0.2) is 0 Å². The molecule has 0 aliphatic carbocycles. The number of nitrogens with zero attached hydrogens (tertiary/aromatic N) is 4. The van der Waals surface area contributed by atoms with E-state index in [1.54, 1.807) is 23.1 Å². The predicted octanol–water partition coefficient (Wildman–Crippen LogP) is 1.75. The molecule has 1 aromatic carbocycles. The van der Waals surface area contributed by atoms with Gasteiger partial charge in [0.1, 0.15) is 0 Å². The van der Waals surface area contributed by atoms with Gasteiger partial charge in [-0.2, -0.15) is 10.2 Å². The molecular weight excluding hydrogens is 356 g/mol. The van der Waals surface area contributed by atoms with Crippen LogP contribution in [-0.2, 0) is 17.9 Å². The first-order valence-electron chi connectivity index (χ1n) is 9.10. The molecule has 2 amide bonds. The van der Waals surface area contributed by atoms with Gasteiger partial charge < -0.3 is 10.6 Å². The Kier molecular flexibility index (Phi) is 5.88. The summed E-state index contributed by atoms with van der Waals surface area (Å²) < 4.78 is 3.52. The van der Waals surface area contributed by atoms with Gasteiger partial charge in [-0.05, 0) is 32.0 Å². The lowest BCUT2D eigenvalue weighted by atomic mass is 10.1. The molecule has 0 radical (unpaired) electrons. The van der Waals surface area contributed by atoms with Crippen molar-refractivity contribution in [3.8, 4) is 5.69 Å². The second-order valence-corrected chi connectivity index (χ2v) is 6.63. The van der Waals surface area contributed by atoms with Crippen molar-refractivity contribution in [2.75, 3.05) is 6.54 Å². The van der Waals surface area contributed by atoms with Crippen LogP contribution in [0.25, 0.3) is 5.69 Å². The van der Waals surface area contributed by atoms with Crippen LogP contribution in [0.1, 0.15) is 34.2 Å². The highest BCUT2D eigenvalue weighted by molar-refractivity contribution is 5.97. The second kappa shape index (κ2) is 8.51. The van der Waals surface area contributed by atoms with Crippen LogP contribution in [0, 0.1) is 13.8 Å². The standard InChI is InChI=1S/C20H24N6O2/c1-14-10-15(2)25(24-14)9-8-21-20(28)18-6-4-5-7-19(18)26-13-17(12-23-26)11-22-16(3)27/h4-7,10,12-13H,8-9,11H2,1-3H3,(H,21,28)(H,22,27). The maximum atomic E-state index is 12.7. The van der Waals surface area contributed by atoms with Crippen molar-refractivity contribution in [1.82, 2.24) is 30.2 Å². The van der Waals surface area contributed by atoms with Gasteiger partial charge in [-0.1, -0.05) is 12.1 Å². The summed E-state index contributed by atoms with van der Waals surface area (Å²) in [6.07, 6.45) is 3.48. The number of aryl methyl sites for hydroxylation is 2. The van der Waals surface area contributed by atoms with Gasteiger partial charge in [0.25, 0.3) is 5.91 Å². The zero-order valence-corrected chi connectivity index (χ0v) is 16.3. The quantitative estimate of drug-likeness (QED) is 0.653. The van der Waals surface area contributed by atoms with Gasteiger partial charge in [-0.25, -0.2) is 4.68 Å². The summed E-state index contributed by atoms with van der Waals surface area (Å²) in [4.78, 5) is 23.8. The van der Waals surface area contributed by atoms with E-state index in [0.717, 1.165) is 17.0 Å². The van der Waals surface area contributed by atoms with Gasteiger partial charge >= 0.3 is 0 Å². The minimum Gasteiger partial charge on any atom is -0.352 e. The summed E-state index contributed by atoms with van der Waals surface area (Å²) in [5.41, 5.74) is 4.10. The second-order valence-electron chi connectivity index (χ2n) is 6.63. The van der Waals surface area contributed by atoms with Gasteiger partial charge in [0.05, 0.1) is 29.7 Å². The van der Waals surface area contributed by atoms with Crippen molar-refractivity contribution in [2.45, 2.75) is 33.9 Å². The lowest BCUT2D eigenvalue weighted by Crippen LogP contribution is -2.28. The number of aromatic nitrogens is 4. The number of para-hydroxylation sites is 1. The number of carbonyl (C=O) groups excluding carboxylic acids is 2. The first-order valence-corrected chi connectivity index (χ1v) is 9.10. The molecule has 2 heterocycles. The molecule has 0 aliphatic heterocycles. The molecule has 146 valence electrons. The Bertz CT molecular complexity index is 988. The highest BCUT2D eigenvalue weighted by Gasteiger charge is 2.13. The van der Waals surface area contributed by atoms with Gasteiger partial charge in [0, 0.05) is 37.5 Å². The maximum Gasteiger partial charge on any atom is 0.253 e. The minimum atomic E-state index is -0.170. The van der Waals surface area contributed by atoms with Gasteiger partial charge in [0.2, 0.25) is 5.91 Å². The molecule has 0 spiro atoms. The molecular formula is C20H24N6O2. The molecule has 8 nitrogen and oxygen atoms in total. The number of rotatable bonds is 7. The number of hydrogen-bond donors (Lipinski definition) is 2. The molecule has 0 fully saturated rings. The molecule has 8 heteroatoms. The Morgan fingerprint density at radius 3 is 2.64 bits per heavy atom. The maximum absolute atomic E-state index is 12.7. The van der Waals surface area contributed by atoms with Gasteiger partial charge in [-0.15, -0.1) is 0 Å². The Morgan fingerprint density at radius 2 is 1.93 bits per heavy atom. The average molecular weight is 380 g/mol. The molecule has 2 aromatic heterocycles. The highest BCUT2D eigenvalue weighted by Crippen LogP contribution is 2.14.